The molecule has 1 saturated heterocycles. The van der Waals surface area contributed by atoms with Gasteiger partial charge >= 0.3 is 5.69 Å². The van der Waals surface area contributed by atoms with Crippen LogP contribution in [0.1, 0.15) is 42.8 Å². The van der Waals surface area contributed by atoms with E-state index in [0.29, 0.717) is 0 Å². The van der Waals surface area contributed by atoms with Crippen LogP contribution in [0, 0.1) is 6.92 Å². The minimum Gasteiger partial charge on any atom is -0.310 e. The normalized spacial score (nSPS) is 20.8. The molecule has 2 N–H and O–H groups in total. The van der Waals surface area contributed by atoms with Gasteiger partial charge in [-0.1, -0.05) is 6.92 Å². The van der Waals surface area contributed by atoms with Crippen LogP contribution in [0.25, 0.3) is 0 Å². The Balaban J connectivity index is 2.45. The Hall–Kier alpha value is -1.16. The summed E-state index contributed by atoms with van der Waals surface area (Å²) < 4.78 is 0. The topological polar surface area (TPSA) is 57.8 Å². The number of aromatic nitrogens is 2. The lowest BCUT2D eigenvalue weighted by atomic mass is 10.0. The highest BCUT2D eigenvalue weighted by Gasteiger charge is 2.21. The van der Waals surface area contributed by atoms with Crippen molar-refractivity contribution in [3.8, 4) is 0 Å². The summed E-state index contributed by atoms with van der Waals surface area (Å²) in [7, 11) is 0. The number of aromatic amines is 1. The van der Waals surface area contributed by atoms with E-state index in [0.717, 1.165) is 36.3 Å². The third-order valence-electron chi connectivity index (χ3n) is 3.06. The molecule has 82 valence electrons. The van der Waals surface area contributed by atoms with Crippen molar-refractivity contribution in [3.05, 3.63) is 27.4 Å². The van der Waals surface area contributed by atoms with Gasteiger partial charge in [0.1, 0.15) is 0 Å². The maximum atomic E-state index is 11.4. The van der Waals surface area contributed by atoms with Crippen LogP contribution in [0.4, 0.5) is 0 Å². The van der Waals surface area contributed by atoms with Crippen molar-refractivity contribution in [1.82, 2.24) is 15.3 Å². The quantitative estimate of drug-likeness (QED) is 0.762. The predicted molar refractivity (Wildman–Crippen MR) is 59.0 cm³/mol. The molecule has 1 fully saturated rings. The first kappa shape index (κ1) is 10.4. The second-order valence-corrected chi connectivity index (χ2v) is 4.03. The van der Waals surface area contributed by atoms with Crippen molar-refractivity contribution in [3.63, 3.8) is 0 Å². The average molecular weight is 207 g/mol. The zero-order valence-electron chi connectivity index (χ0n) is 9.26. The Labute approximate surface area is 89.1 Å². The summed E-state index contributed by atoms with van der Waals surface area (Å²) in [5.41, 5.74) is 2.87. The average Bonchev–Trinajstić information content (AvgIpc) is 2.74. The van der Waals surface area contributed by atoms with E-state index in [-0.39, 0.29) is 11.7 Å². The monoisotopic (exact) mass is 207 g/mol. The van der Waals surface area contributed by atoms with Crippen LogP contribution in [-0.4, -0.2) is 16.5 Å². The second-order valence-electron chi connectivity index (χ2n) is 4.03. The van der Waals surface area contributed by atoms with Crippen molar-refractivity contribution >= 4 is 0 Å². The van der Waals surface area contributed by atoms with E-state index >= 15 is 0 Å². The van der Waals surface area contributed by atoms with Crippen LogP contribution >= 0.6 is 0 Å². The molecule has 0 spiro atoms. The Morgan fingerprint density at radius 1 is 1.53 bits per heavy atom. The van der Waals surface area contributed by atoms with Gasteiger partial charge in [-0.05, 0) is 38.3 Å². The van der Waals surface area contributed by atoms with Crippen LogP contribution in [0.5, 0.6) is 0 Å². The number of hydrogen-bond acceptors (Lipinski definition) is 3. The van der Waals surface area contributed by atoms with Crippen molar-refractivity contribution < 1.29 is 0 Å². The van der Waals surface area contributed by atoms with Gasteiger partial charge in [-0.3, -0.25) is 0 Å². The van der Waals surface area contributed by atoms with Gasteiger partial charge in [0.25, 0.3) is 0 Å². The molecule has 4 nitrogen and oxygen atoms in total. The highest BCUT2D eigenvalue weighted by atomic mass is 16.1. The van der Waals surface area contributed by atoms with Gasteiger partial charge in [0.15, 0.2) is 0 Å². The van der Waals surface area contributed by atoms with Crippen LogP contribution < -0.4 is 11.0 Å². The minimum atomic E-state index is -0.221. The summed E-state index contributed by atoms with van der Waals surface area (Å²) in [6.07, 6.45) is 3.10. The molecule has 1 unspecified atom stereocenters. The first-order valence-corrected chi connectivity index (χ1v) is 5.55. The number of nitrogens with zero attached hydrogens (tertiary/aromatic N) is 1. The number of H-pyrrole nitrogens is 1. The summed E-state index contributed by atoms with van der Waals surface area (Å²) in [4.78, 5) is 18.3. The van der Waals surface area contributed by atoms with E-state index in [9.17, 15) is 4.79 Å². The summed E-state index contributed by atoms with van der Waals surface area (Å²) in [6, 6.07) is 0.276. The number of nitrogens with one attached hydrogen (secondary N) is 2. The van der Waals surface area contributed by atoms with Crippen LogP contribution in [0.15, 0.2) is 4.79 Å². The summed E-state index contributed by atoms with van der Waals surface area (Å²) in [5.74, 6) is 0. The fraction of sp³-hybridized carbons (Fsp3) is 0.636. The van der Waals surface area contributed by atoms with Crippen LogP contribution in [0.3, 0.4) is 0 Å². The fourth-order valence-electron chi connectivity index (χ4n) is 2.21. The predicted octanol–water partition coefficient (Wildman–Crippen LogP) is 1.07. The van der Waals surface area contributed by atoms with Crippen molar-refractivity contribution in [1.29, 1.82) is 0 Å². The molecule has 0 bridgehead atoms. The van der Waals surface area contributed by atoms with Crippen LogP contribution in [0.2, 0.25) is 0 Å². The van der Waals surface area contributed by atoms with Crippen molar-refractivity contribution in [2.24, 2.45) is 0 Å². The van der Waals surface area contributed by atoms with Gasteiger partial charge in [0.05, 0.1) is 11.7 Å². The highest BCUT2D eigenvalue weighted by molar-refractivity contribution is 5.26. The number of hydrogen-bond donors (Lipinski definition) is 2. The van der Waals surface area contributed by atoms with E-state index < -0.39 is 0 Å². The van der Waals surface area contributed by atoms with Gasteiger partial charge in [0.2, 0.25) is 0 Å². The van der Waals surface area contributed by atoms with Gasteiger partial charge in [-0.2, -0.15) is 4.98 Å². The van der Waals surface area contributed by atoms with E-state index in [1.165, 1.54) is 6.42 Å². The largest absolute Gasteiger partial charge is 0.345 e. The Morgan fingerprint density at radius 2 is 2.33 bits per heavy atom. The lowest BCUT2D eigenvalue weighted by Gasteiger charge is -2.14. The van der Waals surface area contributed by atoms with Crippen LogP contribution in [-0.2, 0) is 6.42 Å². The maximum absolute atomic E-state index is 11.4. The molecule has 1 aromatic rings. The van der Waals surface area contributed by atoms with Gasteiger partial charge in [-0.15, -0.1) is 0 Å². The molecule has 1 aromatic heterocycles. The highest BCUT2D eigenvalue weighted by Crippen LogP contribution is 2.23. The molecule has 1 atom stereocenters. The van der Waals surface area contributed by atoms with Gasteiger partial charge in [-0.25, -0.2) is 4.79 Å². The molecule has 15 heavy (non-hydrogen) atoms. The fourth-order valence-corrected chi connectivity index (χ4v) is 2.21. The summed E-state index contributed by atoms with van der Waals surface area (Å²) in [6.45, 7) is 5.11. The smallest absolute Gasteiger partial charge is 0.310 e. The van der Waals surface area contributed by atoms with Gasteiger partial charge in [0, 0.05) is 5.69 Å². The maximum Gasteiger partial charge on any atom is 0.345 e. The summed E-state index contributed by atoms with van der Waals surface area (Å²) >= 11 is 0. The lowest BCUT2D eigenvalue weighted by molar-refractivity contribution is 0.613. The third kappa shape index (κ3) is 1.95. The van der Waals surface area contributed by atoms with Crippen molar-refractivity contribution in [2.75, 3.05) is 6.54 Å². The number of rotatable bonds is 2. The molecule has 2 heterocycles. The molecule has 0 amide bonds. The zero-order valence-corrected chi connectivity index (χ0v) is 9.26. The molecule has 0 aliphatic carbocycles. The number of aryl methyl sites for hydroxylation is 1. The van der Waals surface area contributed by atoms with E-state index in [4.69, 9.17) is 0 Å². The Morgan fingerprint density at radius 3 is 2.93 bits per heavy atom. The molecule has 1 aliphatic heterocycles. The lowest BCUT2D eigenvalue weighted by Crippen LogP contribution is -2.23. The first-order valence-electron chi connectivity index (χ1n) is 5.55. The molecule has 4 heteroatoms. The van der Waals surface area contributed by atoms with E-state index in [1.54, 1.807) is 0 Å². The van der Waals surface area contributed by atoms with Crippen molar-refractivity contribution in [2.45, 2.75) is 39.2 Å². The van der Waals surface area contributed by atoms with E-state index in [2.05, 4.69) is 15.3 Å². The Kier molecular flexibility index (Phi) is 2.86. The van der Waals surface area contributed by atoms with Gasteiger partial charge < -0.3 is 10.3 Å². The SMILES string of the molecule is CCc1[nH]c(=O)nc(C2CCCN2)c1C. The standard InChI is InChI=1S/C11H17N3O/c1-3-8-7(2)10(14-11(15)13-8)9-5-4-6-12-9/h9,12H,3-6H2,1-2H3,(H,13,14,15). The molecule has 0 radical (unpaired) electrons. The molecule has 0 aromatic carbocycles. The zero-order chi connectivity index (χ0) is 10.8. The molecule has 1 aliphatic rings. The van der Waals surface area contributed by atoms with E-state index in [1.807, 2.05) is 13.8 Å². The molecule has 0 saturated carbocycles. The third-order valence-corrected chi connectivity index (χ3v) is 3.06. The second kappa shape index (κ2) is 4.14. The minimum absolute atomic E-state index is 0.221. The first-order chi connectivity index (χ1) is 7.22. The molecular weight excluding hydrogens is 190 g/mol. The summed E-state index contributed by atoms with van der Waals surface area (Å²) in [5, 5.41) is 3.38. The molecule has 2 rings (SSSR count). The Bertz CT molecular complexity index is 405. The molecular formula is C11H17N3O.